The van der Waals surface area contributed by atoms with E-state index < -0.39 is 35.6 Å². The summed E-state index contributed by atoms with van der Waals surface area (Å²) in [5.41, 5.74) is -0.556. The predicted octanol–water partition coefficient (Wildman–Crippen LogP) is 3.42. The van der Waals surface area contributed by atoms with Gasteiger partial charge in [-0.15, -0.1) is 0 Å². The van der Waals surface area contributed by atoms with E-state index in [1.165, 1.54) is 23.9 Å². The lowest BCUT2D eigenvalue weighted by Crippen LogP contribution is -2.51. The fourth-order valence-electron chi connectivity index (χ4n) is 2.98. The number of amides is 3. The quantitative estimate of drug-likeness (QED) is 0.256. The Morgan fingerprint density at radius 3 is 2.48 bits per heavy atom. The molecule has 0 aliphatic heterocycles. The summed E-state index contributed by atoms with van der Waals surface area (Å²) in [5.74, 6) is -0.760. The molecule has 0 aliphatic carbocycles. The molecule has 1 rings (SSSR count). The Morgan fingerprint density at radius 1 is 1.27 bits per heavy atom. The summed E-state index contributed by atoms with van der Waals surface area (Å²) in [6.07, 6.45) is 8.71. The Morgan fingerprint density at radius 2 is 1.94 bits per heavy atom. The number of carbonyl (C=O) groups excluding carboxylic acids is 3. The molecule has 0 radical (unpaired) electrons. The maximum absolute atomic E-state index is 13.5. The highest BCUT2D eigenvalue weighted by Gasteiger charge is 2.36. The average Bonchev–Trinajstić information content (AvgIpc) is 2.74. The van der Waals surface area contributed by atoms with Gasteiger partial charge in [-0.25, -0.2) is 4.79 Å². The summed E-state index contributed by atoms with van der Waals surface area (Å²) in [6.45, 7) is 7.54. The lowest BCUT2D eigenvalue weighted by atomic mass is 10.0. The van der Waals surface area contributed by atoms with E-state index in [0.29, 0.717) is 12.3 Å². The maximum atomic E-state index is 13.5. The van der Waals surface area contributed by atoms with Gasteiger partial charge in [-0.05, 0) is 51.7 Å². The third kappa shape index (κ3) is 9.26. The molecule has 9 heteroatoms. The van der Waals surface area contributed by atoms with Gasteiger partial charge >= 0.3 is 6.09 Å². The highest BCUT2D eigenvalue weighted by Crippen LogP contribution is 2.29. The summed E-state index contributed by atoms with van der Waals surface area (Å²) in [6, 6.07) is 6.22. The molecule has 1 aromatic rings. The summed E-state index contributed by atoms with van der Waals surface area (Å²) in [7, 11) is 0. The fraction of sp³-hybridized carbons (Fsp3) is 0.542. The van der Waals surface area contributed by atoms with Crippen molar-refractivity contribution in [3.05, 3.63) is 29.8 Å². The van der Waals surface area contributed by atoms with Crippen LogP contribution in [0.2, 0.25) is 0 Å². The first kappa shape index (κ1) is 28.2. The number of nitrogens with zero attached hydrogens (tertiary/aromatic N) is 1. The van der Waals surface area contributed by atoms with Gasteiger partial charge in [0.15, 0.2) is 6.04 Å². The van der Waals surface area contributed by atoms with Crippen LogP contribution in [-0.2, 0) is 14.3 Å². The normalized spacial score (nSPS) is 12.7. The second-order valence-electron chi connectivity index (χ2n) is 8.42. The number of unbranched alkanes of at least 4 members (excludes halogenated alkanes) is 1. The number of terminal acetylenes is 1. The van der Waals surface area contributed by atoms with Crippen molar-refractivity contribution in [2.24, 2.45) is 0 Å². The van der Waals surface area contributed by atoms with E-state index in [1.54, 1.807) is 32.9 Å². The zero-order chi connectivity index (χ0) is 25.0. The van der Waals surface area contributed by atoms with Crippen molar-refractivity contribution < 1.29 is 24.2 Å². The molecule has 3 N–H and O–H groups in total. The molecule has 1 aromatic carbocycles. The zero-order valence-electron chi connectivity index (χ0n) is 20.0. The molecule has 0 aromatic heterocycles. The van der Waals surface area contributed by atoms with Crippen LogP contribution in [0.25, 0.3) is 0 Å². The van der Waals surface area contributed by atoms with Crippen molar-refractivity contribution in [3.63, 3.8) is 0 Å². The summed E-state index contributed by atoms with van der Waals surface area (Å²) < 4.78 is 5.29. The Balaban J connectivity index is 3.30. The van der Waals surface area contributed by atoms with Crippen LogP contribution < -0.4 is 10.6 Å². The molecule has 0 aliphatic rings. The standard InChI is InChI=1S/C24H35N3O5S/c1-7-9-15-25-21(29)20(17-12-10-11-13-19(17)28)27(8-2)22(30)18(14-16-33-6)26-23(31)32-24(3,4)5/h2,10-13,18,20,28H,7,9,14-16H2,1,3-6H3,(H,25,29)(H,26,31). The smallest absolute Gasteiger partial charge is 0.408 e. The number of nitrogens with one attached hydrogen (secondary N) is 2. The molecular weight excluding hydrogens is 442 g/mol. The molecule has 3 amide bonds. The van der Waals surface area contributed by atoms with Gasteiger partial charge in [0.2, 0.25) is 5.91 Å². The number of aromatic hydroxyl groups is 1. The van der Waals surface area contributed by atoms with Crippen molar-refractivity contribution in [2.75, 3.05) is 18.6 Å². The average molecular weight is 478 g/mol. The first-order chi connectivity index (χ1) is 15.6. The number of rotatable bonds is 11. The van der Waals surface area contributed by atoms with Gasteiger partial charge in [0, 0.05) is 18.2 Å². The molecule has 2 atom stereocenters. The number of carbonyl (C=O) groups is 3. The number of benzene rings is 1. The largest absolute Gasteiger partial charge is 0.508 e. The Kier molecular flexibility index (Phi) is 11.6. The highest BCUT2D eigenvalue weighted by molar-refractivity contribution is 7.98. The second-order valence-corrected chi connectivity index (χ2v) is 9.41. The van der Waals surface area contributed by atoms with Crippen molar-refractivity contribution in [2.45, 2.75) is 64.6 Å². The number of alkyl carbamates (subject to hydrolysis) is 1. The minimum atomic E-state index is -1.27. The highest BCUT2D eigenvalue weighted by atomic mass is 32.2. The molecule has 0 heterocycles. The van der Waals surface area contributed by atoms with Crippen molar-refractivity contribution in [1.29, 1.82) is 0 Å². The van der Waals surface area contributed by atoms with Crippen LogP contribution in [0.5, 0.6) is 5.75 Å². The number of ether oxygens (including phenoxy) is 1. The summed E-state index contributed by atoms with van der Waals surface area (Å²) >= 11 is 1.50. The first-order valence-electron chi connectivity index (χ1n) is 10.9. The van der Waals surface area contributed by atoms with Crippen molar-refractivity contribution in [3.8, 4) is 18.2 Å². The molecule has 33 heavy (non-hydrogen) atoms. The van der Waals surface area contributed by atoms with Crippen LogP contribution in [0.15, 0.2) is 24.3 Å². The van der Waals surface area contributed by atoms with Crippen LogP contribution >= 0.6 is 11.8 Å². The van der Waals surface area contributed by atoms with Crippen LogP contribution in [0, 0.1) is 12.5 Å². The number of thioether (sulfide) groups is 1. The van der Waals surface area contributed by atoms with E-state index in [2.05, 4.69) is 16.7 Å². The molecule has 0 bridgehead atoms. The monoisotopic (exact) mass is 477 g/mol. The first-order valence-corrected chi connectivity index (χ1v) is 12.3. The van der Waals surface area contributed by atoms with Gasteiger partial charge in [-0.2, -0.15) is 11.8 Å². The molecule has 2 unspecified atom stereocenters. The van der Waals surface area contributed by atoms with Gasteiger partial charge < -0.3 is 20.5 Å². The van der Waals surface area contributed by atoms with E-state index in [9.17, 15) is 19.5 Å². The van der Waals surface area contributed by atoms with E-state index in [0.717, 1.165) is 17.7 Å². The number of phenolic OH excluding ortho intramolecular Hbond substituents is 1. The van der Waals surface area contributed by atoms with E-state index >= 15 is 0 Å². The second kappa shape index (κ2) is 13.6. The number of phenols is 1. The van der Waals surface area contributed by atoms with E-state index in [4.69, 9.17) is 11.2 Å². The number of hydrogen-bond acceptors (Lipinski definition) is 6. The van der Waals surface area contributed by atoms with Crippen LogP contribution in [0.1, 0.15) is 58.6 Å². The van der Waals surface area contributed by atoms with Gasteiger partial charge in [0.25, 0.3) is 5.91 Å². The molecular formula is C24H35N3O5S. The Bertz CT molecular complexity index is 847. The van der Waals surface area contributed by atoms with E-state index in [1.807, 2.05) is 13.2 Å². The number of hydrogen-bond donors (Lipinski definition) is 3. The number of para-hydroxylation sites is 1. The molecule has 0 saturated carbocycles. The van der Waals surface area contributed by atoms with Gasteiger partial charge in [0.05, 0.1) is 0 Å². The minimum Gasteiger partial charge on any atom is -0.508 e. The van der Waals surface area contributed by atoms with Gasteiger partial charge in [-0.3, -0.25) is 14.5 Å². The topological polar surface area (TPSA) is 108 Å². The lowest BCUT2D eigenvalue weighted by molar-refractivity contribution is -0.138. The molecule has 8 nitrogen and oxygen atoms in total. The third-order valence-electron chi connectivity index (χ3n) is 4.54. The lowest BCUT2D eigenvalue weighted by Gasteiger charge is -2.30. The van der Waals surface area contributed by atoms with Crippen LogP contribution in [-0.4, -0.2) is 58.1 Å². The van der Waals surface area contributed by atoms with E-state index in [-0.39, 0.29) is 17.7 Å². The molecule has 0 saturated heterocycles. The fourth-order valence-corrected chi connectivity index (χ4v) is 3.45. The Labute approximate surface area is 200 Å². The minimum absolute atomic E-state index is 0.165. The van der Waals surface area contributed by atoms with Crippen LogP contribution in [0.4, 0.5) is 4.79 Å². The predicted molar refractivity (Wildman–Crippen MR) is 131 cm³/mol. The van der Waals surface area contributed by atoms with Crippen molar-refractivity contribution >= 4 is 29.7 Å². The zero-order valence-corrected chi connectivity index (χ0v) is 20.8. The molecule has 182 valence electrons. The third-order valence-corrected chi connectivity index (χ3v) is 5.19. The van der Waals surface area contributed by atoms with Crippen molar-refractivity contribution in [1.82, 2.24) is 15.5 Å². The SMILES string of the molecule is C#CN(C(=O)C(CCSC)NC(=O)OC(C)(C)C)C(C(=O)NCCCC)c1ccccc1O. The summed E-state index contributed by atoms with van der Waals surface area (Å²) in [4.78, 5) is 39.9. The van der Waals surface area contributed by atoms with Gasteiger partial charge in [0.1, 0.15) is 17.4 Å². The van der Waals surface area contributed by atoms with Crippen LogP contribution in [0.3, 0.4) is 0 Å². The maximum Gasteiger partial charge on any atom is 0.408 e. The molecule has 0 fully saturated rings. The molecule has 0 spiro atoms. The Hall–Kier alpha value is -2.86. The van der Waals surface area contributed by atoms with Gasteiger partial charge in [-0.1, -0.05) is 38.0 Å². The summed E-state index contributed by atoms with van der Waals surface area (Å²) in [5, 5.41) is 15.8.